The van der Waals surface area contributed by atoms with Crippen molar-refractivity contribution in [2.45, 2.75) is 74.8 Å². The lowest BCUT2D eigenvalue weighted by molar-refractivity contribution is -0.135. The predicted octanol–water partition coefficient (Wildman–Crippen LogP) is 3.57. The van der Waals surface area contributed by atoms with E-state index in [2.05, 4.69) is 46.3 Å². The van der Waals surface area contributed by atoms with Crippen LogP contribution in [-0.4, -0.2) is 80.0 Å². The molecule has 4 amide bonds. The maximum absolute atomic E-state index is 13.9. The lowest BCUT2D eigenvalue weighted by atomic mass is 9.73. The van der Waals surface area contributed by atoms with E-state index < -0.39 is 6.04 Å². The Bertz CT molecular complexity index is 1200. The maximum Gasteiger partial charge on any atom is 0.315 e. The molecule has 8 nitrogen and oxygen atoms in total. The van der Waals surface area contributed by atoms with Crippen LogP contribution in [0, 0.1) is 0 Å². The molecule has 2 saturated heterocycles. The molecule has 3 atom stereocenters. The molecule has 5 rings (SSSR count). The van der Waals surface area contributed by atoms with Crippen LogP contribution in [-0.2, 0) is 21.4 Å². The molecule has 0 saturated carbocycles. The molecule has 2 aromatic rings. The van der Waals surface area contributed by atoms with Gasteiger partial charge in [-0.1, -0.05) is 54.6 Å². The van der Waals surface area contributed by atoms with Gasteiger partial charge in [0.1, 0.15) is 6.04 Å². The fourth-order valence-electron chi connectivity index (χ4n) is 7.05. The summed E-state index contributed by atoms with van der Waals surface area (Å²) in [5, 5.41) is 9.44. The molecule has 41 heavy (non-hydrogen) atoms. The van der Waals surface area contributed by atoms with E-state index in [0.29, 0.717) is 19.5 Å². The van der Waals surface area contributed by atoms with Gasteiger partial charge in [-0.15, -0.1) is 0 Å². The van der Waals surface area contributed by atoms with E-state index in [1.54, 1.807) is 4.90 Å². The number of urea groups is 1. The Labute approximate surface area is 244 Å². The number of hydrogen-bond donors (Lipinski definition) is 3. The highest BCUT2D eigenvalue weighted by atomic mass is 16.2. The number of hydrogen-bond acceptors (Lipinski definition) is 4. The van der Waals surface area contributed by atoms with Crippen LogP contribution in [0.2, 0.25) is 0 Å². The van der Waals surface area contributed by atoms with Crippen molar-refractivity contribution >= 4 is 17.8 Å². The second kappa shape index (κ2) is 13.1. The molecule has 3 aliphatic rings. The van der Waals surface area contributed by atoms with Crippen molar-refractivity contribution < 1.29 is 14.4 Å². The lowest BCUT2D eigenvalue weighted by Gasteiger charge is -2.41. The summed E-state index contributed by atoms with van der Waals surface area (Å²) in [6.45, 7) is 2.99. The van der Waals surface area contributed by atoms with Crippen LogP contribution in [0.5, 0.6) is 0 Å². The van der Waals surface area contributed by atoms with Crippen LogP contribution in [0.15, 0.2) is 54.6 Å². The standard InChI is InChI=1S/C33H45N5O3/c1-37(2)30(39)27-22-33(28-15-7-6-14-26(27)28)17-20-38(21-18-33)31(40)29(16-8-12-24-10-4-3-5-11-24)36-32(41)35-25-13-9-19-34-23-25/h3-7,10-11,14-15,25,27,29,34H,8-9,12-13,16-23H2,1-2H3,(H2,35,36,41). The molecule has 0 aromatic heterocycles. The Kier molecular flexibility index (Phi) is 9.28. The van der Waals surface area contributed by atoms with E-state index >= 15 is 0 Å². The average molecular weight is 560 g/mol. The zero-order valence-electron chi connectivity index (χ0n) is 24.5. The number of fused-ring (bicyclic) bond motifs is 2. The largest absolute Gasteiger partial charge is 0.348 e. The van der Waals surface area contributed by atoms with Crippen molar-refractivity contribution in [3.8, 4) is 0 Å². The molecular formula is C33H45N5O3. The molecular weight excluding hydrogens is 514 g/mol. The van der Waals surface area contributed by atoms with Crippen molar-refractivity contribution in [1.29, 1.82) is 0 Å². The van der Waals surface area contributed by atoms with Gasteiger partial charge in [-0.2, -0.15) is 0 Å². The van der Waals surface area contributed by atoms with E-state index in [-0.39, 0.29) is 35.2 Å². The second-order valence-electron chi connectivity index (χ2n) is 12.3. The first-order chi connectivity index (χ1) is 19.9. The molecule has 0 radical (unpaired) electrons. The van der Waals surface area contributed by atoms with E-state index in [1.807, 2.05) is 43.3 Å². The first-order valence-corrected chi connectivity index (χ1v) is 15.3. The molecule has 3 unspecified atom stereocenters. The minimum absolute atomic E-state index is 0.00275. The molecule has 220 valence electrons. The Morgan fingerprint density at radius 3 is 2.49 bits per heavy atom. The highest BCUT2D eigenvalue weighted by molar-refractivity contribution is 5.87. The van der Waals surface area contributed by atoms with Gasteiger partial charge in [0.2, 0.25) is 11.8 Å². The van der Waals surface area contributed by atoms with Crippen LogP contribution in [0.1, 0.15) is 67.6 Å². The Morgan fingerprint density at radius 2 is 1.78 bits per heavy atom. The SMILES string of the molecule is CN(C)C(=O)C1CC2(CCN(C(=O)C(CCCc3ccccc3)NC(=O)NC3CCCNC3)CC2)c2ccccc21. The van der Waals surface area contributed by atoms with Crippen molar-refractivity contribution in [2.75, 3.05) is 40.3 Å². The van der Waals surface area contributed by atoms with Gasteiger partial charge in [-0.25, -0.2) is 4.79 Å². The number of carbonyl (C=O) groups is 3. The van der Waals surface area contributed by atoms with Gasteiger partial charge in [0.05, 0.1) is 5.92 Å². The lowest BCUT2D eigenvalue weighted by Crippen LogP contribution is -2.56. The number of carbonyl (C=O) groups excluding carboxylic acids is 3. The number of likely N-dealkylation sites (tertiary alicyclic amines) is 1. The van der Waals surface area contributed by atoms with Crippen LogP contribution < -0.4 is 16.0 Å². The van der Waals surface area contributed by atoms with Crippen LogP contribution >= 0.6 is 0 Å². The van der Waals surface area contributed by atoms with Gasteiger partial charge in [0.25, 0.3) is 0 Å². The number of aryl methyl sites for hydroxylation is 1. The Morgan fingerprint density at radius 1 is 1.05 bits per heavy atom. The summed E-state index contributed by atoms with van der Waals surface area (Å²) in [5.74, 6) is 0.0144. The van der Waals surface area contributed by atoms with Crippen LogP contribution in [0.4, 0.5) is 4.79 Å². The number of benzene rings is 2. The highest BCUT2D eigenvalue weighted by Gasteiger charge is 2.48. The first-order valence-electron chi connectivity index (χ1n) is 15.3. The molecule has 8 heteroatoms. The molecule has 3 N–H and O–H groups in total. The molecule has 2 fully saturated rings. The fraction of sp³-hybridized carbons (Fsp3) is 0.545. The van der Waals surface area contributed by atoms with Gasteiger partial charge >= 0.3 is 6.03 Å². The smallest absolute Gasteiger partial charge is 0.315 e. The van der Waals surface area contributed by atoms with E-state index in [1.165, 1.54) is 11.1 Å². The predicted molar refractivity (Wildman–Crippen MR) is 161 cm³/mol. The third-order valence-electron chi connectivity index (χ3n) is 9.31. The van der Waals surface area contributed by atoms with E-state index in [0.717, 1.165) is 63.6 Å². The van der Waals surface area contributed by atoms with Gasteiger partial charge in [-0.3, -0.25) is 9.59 Å². The number of rotatable bonds is 8. The number of nitrogens with zero attached hydrogens (tertiary/aromatic N) is 2. The Balaban J connectivity index is 1.24. The van der Waals surface area contributed by atoms with Gasteiger partial charge < -0.3 is 25.8 Å². The fourth-order valence-corrected chi connectivity index (χ4v) is 7.05. The summed E-state index contributed by atoms with van der Waals surface area (Å²) in [6.07, 6.45) is 6.68. The van der Waals surface area contributed by atoms with Gasteiger partial charge in [-0.05, 0) is 74.6 Å². The first kappa shape index (κ1) is 29.1. The van der Waals surface area contributed by atoms with Crippen molar-refractivity contribution in [1.82, 2.24) is 25.8 Å². The highest BCUT2D eigenvalue weighted by Crippen LogP contribution is 2.52. The van der Waals surface area contributed by atoms with Crippen LogP contribution in [0.25, 0.3) is 0 Å². The quantitative estimate of drug-likeness (QED) is 0.461. The third kappa shape index (κ3) is 6.75. The summed E-state index contributed by atoms with van der Waals surface area (Å²) >= 11 is 0. The number of piperidine rings is 2. The molecule has 0 bridgehead atoms. The third-order valence-corrected chi connectivity index (χ3v) is 9.31. The normalized spacial score (nSPS) is 22.0. The van der Waals surface area contributed by atoms with Crippen molar-refractivity contribution in [2.24, 2.45) is 0 Å². The second-order valence-corrected chi connectivity index (χ2v) is 12.3. The number of nitrogens with one attached hydrogen (secondary N) is 3. The summed E-state index contributed by atoms with van der Waals surface area (Å²) in [7, 11) is 3.64. The monoisotopic (exact) mass is 559 g/mol. The van der Waals surface area contributed by atoms with Crippen LogP contribution in [0.3, 0.4) is 0 Å². The number of amides is 4. The van der Waals surface area contributed by atoms with Gasteiger partial charge in [0, 0.05) is 45.2 Å². The number of likely N-dealkylation sites (N-methyl/N-ethyl adjacent to an activating group) is 1. The summed E-state index contributed by atoms with van der Waals surface area (Å²) in [4.78, 5) is 43.6. The van der Waals surface area contributed by atoms with E-state index in [9.17, 15) is 14.4 Å². The zero-order chi connectivity index (χ0) is 28.8. The molecule has 2 aliphatic heterocycles. The van der Waals surface area contributed by atoms with Gasteiger partial charge in [0.15, 0.2) is 0 Å². The zero-order valence-corrected chi connectivity index (χ0v) is 24.5. The van der Waals surface area contributed by atoms with Crippen molar-refractivity contribution in [3.05, 3.63) is 71.3 Å². The minimum Gasteiger partial charge on any atom is -0.348 e. The molecule has 1 aliphatic carbocycles. The Hall–Kier alpha value is -3.39. The molecule has 1 spiro atoms. The average Bonchev–Trinajstić information content (AvgIpc) is 3.31. The molecule has 2 heterocycles. The maximum atomic E-state index is 13.9. The van der Waals surface area contributed by atoms with Crippen molar-refractivity contribution in [3.63, 3.8) is 0 Å². The summed E-state index contributed by atoms with van der Waals surface area (Å²) in [6, 6.07) is 17.9. The topological polar surface area (TPSA) is 93.8 Å². The summed E-state index contributed by atoms with van der Waals surface area (Å²) in [5.41, 5.74) is 3.55. The minimum atomic E-state index is -0.566. The van der Waals surface area contributed by atoms with E-state index in [4.69, 9.17) is 0 Å². The molecule has 2 aromatic carbocycles. The summed E-state index contributed by atoms with van der Waals surface area (Å²) < 4.78 is 0.